The van der Waals surface area contributed by atoms with Gasteiger partial charge in [-0.05, 0) is 48.5 Å². The molecule has 0 atom stereocenters. The van der Waals surface area contributed by atoms with Crippen molar-refractivity contribution < 1.29 is 33.6 Å². The van der Waals surface area contributed by atoms with Crippen molar-refractivity contribution in [2.24, 2.45) is 0 Å². The summed E-state index contributed by atoms with van der Waals surface area (Å²) in [6.45, 7) is 0. The van der Waals surface area contributed by atoms with Crippen LogP contribution in [0.3, 0.4) is 0 Å². The third-order valence-corrected chi connectivity index (χ3v) is 6.36. The van der Waals surface area contributed by atoms with E-state index in [1.54, 1.807) is 35.7 Å². The van der Waals surface area contributed by atoms with Crippen LogP contribution in [0.1, 0.15) is 20.7 Å². The molecule has 1 N–H and O–H groups in total. The molecule has 0 aliphatic heterocycles. The molecule has 0 spiro atoms. The van der Waals surface area contributed by atoms with Crippen molar-refractivity contribution in [1.29, 1.82) is 0 Å². The summed E-state index contributed by atoms with van der Waals surface area (Å²) in [5.74, 6) is 0.323. The standard InChI is InChI=1S/C27H24N2O7S/c1-33-21-11-9-16(13-23(21)35-3)25(31)29(26(32)17-10-12-22(34-2)24(14-17)36-4)27-28-19(15-37-27)18-7-5-6-8-20(18)30/h5-15,30H,1-4H3. The number of hydrogen-bond donors (Lipinski definition) is 1. The van der Waals surface area contributed by atoms with Crippen LogP contribution < -0.4 is 23.8 Å². The van der Waals surface area contributed by atoms with Crippen LogP contribution in [0.4, 0.5) is 5.13 Å². The van der Waals surface area contributed by atoms with E-state index in [2.05, 4.69) is 4.98 Å². The fraction of sp³-hybridized carbons (Fsp3) is 0.148. The zero-order valence-electron chi connectivity index (χ0n) is 20.6. The lowest BCUT2D eigenvalue weighted by molar-refractivity contribution is 0.0897. The molecule has 0 unspecified atom stereocenters. The number of carbonyl (C=O) groups excluding carboxylic acids is 2. The molecule has 3 aromatic carbocycles. The van der Waals surface area contributed by atoms with Gasteiger partial charge in [-0.2, -0.15) is 0 Å². The largest absolute Gasteiger partial charge is 0.507 e. The van der Waals surface area contributed by atoms with Crippen molar-refractivity contribution in [3.8, 4) is 40.0 Å². The number of methoxy groups -OCH3 is 4. The lowest BCUT2D eigenvalue weighted by atomic mass is 10.1. The van der Waals surface area contributed by atoms with Crippen molar-refractivity contribution in [3.05, 3.63) is 77.2 Å². The van der Waals surface area contributed by atoms with E-state index in [4.69, 9.17) is 18.9 Å². The lowest BCUT2D eigenvalue weighted by Crippen LogP contribution is -2.37. The molecule has 190 valence electrons. The van der Waals surface area contributed by atoms with Crippen LogP contribution in [0, 0.1) is 0 Å². The fourth-order valence-electron chi connectivity index (χ4n) is 3.64. The van der Waals surface area contributed by atoms with Gasteiger partial charge in [-0.1, -0.05) is 12.1 Å². The number of carbonyl (C=O) groups is 2. The minimum Gasteiger partial charge on any atom is -0.507 e. The van der Waals surface area contributed by atoms with E-state index in [9.17, 15) is 14.7 Å². The number of benzene rings is 3. The van der Waals surface area contributed by atoms with Gasteiger partial charge in [0.2, 0.25) is 0 Å². The maximum Gasteiger partial charge on any atom is 0.267 e. The van der Waals surface area contributed by atoms with Gasteiger partial charge in [-0.15, -0.1) is 11.3 Å². The Balaban J connectivity index is 1.82. The van der Waals surface area contributed by atoms with Crippen molar-refractivity contribution in [2.75, 3.05) is 33.3 Å². The molecule has 0 saturated carbocycles. The minimum atomic E-state index is -0.626. The summed E-state index contributed by atoms with van der Waals surface area (Å²) in [7, 11) is 5.89. The molecule has 0 saturated heterocycles. The molecule has 37 heavy (non-hydrogen) atoms. The number of phenolic OH excluding ortho intramolecular Hbond substituents is 1. The first kappa shape index (κ1) is 25.5. The summed E-state index contributed by atoms with van der Waals surface area (Å²) in [5.41, 5.74) is 1.27. The Kier molecular flexibility index (Phi) is 7.59. The smallest absolute Gasteiger partial charge is 0.267 e. The molecule has 0 aliphatic rings. The van der Waals surface area contributed by atoms with E-state index < -0.39 is 11.8 Å². The summed E-state index contributed by atoms with van der Waals surface area (Å²) in [6.07, 6.45) is 0. The van der Waals surface area contributed by atoms with Crippen LogP contribution >= 0.6 is 11.3 Å². The fourth-order valence-corrected chi connectivity index (χ4v) is 4.46. The summed E-state index contributed by atoms with van der Waals surface area (Å²) < 4.78 is 21.2. The number of aromatic hydroxyl groups is 1. The molecular weight excluding hydrogens is 496 g/mol. The van der Waals surface area contributed by atoms with Crippen LogP contribution in [0.2, 0.25) is 0 Å². The number of nitrogens with zero attached hydrogens (tertiary/aromatic N) is 2. The molecule has 0 fully saturated rings. The highest BCUT2D eigenvalue weighted by Gasteiger charge is 2.30. The first-order valence-corrected chi connectivity index (χ1v) is 11.9. The normalized spacial score (nSPS) is 10.5. The Morgan fingerprint density at radius 3 is 1.76 bits per heavy atom. The Morgan fingerprint density at radius 1 is 0.757 bits per heavy atom. The van der Waals surface area contributed by atoms with Crippen LogP contribution in [-0.2, 0) is 0 Å². The highest BCUT2D eigenvalue weighted by atomic mass is 32.1. The lowest BCUT2D eigenvalue weighted by Gasteiger charge is -2.20. The van der Waals surface area contributed by atoms with Crippen LogP contribution in [0.15, 0.2) is 66.0 Å². The van der Waals surface area contributed by atoms with E-state index in [-0.39, 0.29) is 22.0 Å². The number of aromatic nitrogens is 1. The first-order chi connectivity index (χ1) is 17.9. The monoisotopic (exact) mass is 520 g/mol. The number of rotatable bonds is 8. The molecule has 1 heterocycles. The molecule has 4 aromatic rings. The number of anilines is 1. The Morgan fingerprint density at radius 2 is 1.27 bits per heavy atom. The summed E-state index contributed by atoms with van der Waals surface area (Å²) in [6, 6.07) is 15.9. The number of para-hydroxylation sites is 1. The second-order valence-electron chi connectivity index (χ2n) is 7.62. The SMILES string of the molecule is COc1ccc(C(=O)N(C(=O)c2ccc(OC)c(OC)c2)c2nc(-c3ccccc3O)cs2)cc1OC. The van der Waals surface area contributed by atoms with Gasteiger partial charge in [0.1, 0.15) is 5.75 Å². The number of hydrogen-bond acceptors (Lipinski definition) is 9. The van der Waals surface area contributed by atoms with Gasteiger partial charge >= 0.3 is 0 Å². The summed E-state index contributed by atoms with van der Waals surface area (Å²) in [4.78, 5) is 33.1. The number of imide groups is 1. The van der Waals surface area contributed by atoms with Crippen molar-refractivity contribution in [2.45, 2.75) is 0 Å². The Hall–Kier alpha value is -4.57. The quantitative estimate of drug-likeness (QED) is 0.322. The number of thiazole rings is 1. The molecule has 0 radical (unpaired) electrons. The van der Waals surface area contributed by atoms with E-state index in [1.165, 1.54) is 58.8 Å². The Bertz CT molecular complexity index is 1380. The molecule has 1 aromatic heterocycles. The van der Waals surface area contributed by atoms with Crippen molar-refractivity contribution in [1.82, 2.24) is 4.98 Å². The molecule has 10 heteroatoms. The van der Waals surface area contributed by atoms with Gasteiger partial charge < -0.3 is 24.1 Å². The highest BCUT2D eigenvalue weighted by molar-refractivity contribution is 7.14. The van der Waals surface area contributed by atoms with Gasteiger partial charge in [-0.3, -0.25) is 9.59 Å². The average molecular weight is 521 g/mol. The summed E-state index contributed by atoms with van der Waals surface area (Å²) >= 11 is 1.09. The molecule has 0 aliphatic carbocycles. The molecule has 0 bridgehead atoms. The van der Waals surface area contributed by atoms with Crippen LogP contribution in [0.5, 0.6) is 28.7 Å². The topological polar surface area (TPSA) is 107 Å². The second-order valence-corrected chi connectivity index (χ2v) is 8.45. The predicted octanol–water partition coefficient (Wildman–Crippen LogP) is 5.04. The van der Waals surface area contributed by atoms with Gasteiger partial charge in [0.05, 0.1) is 34.1 Å². The zero-order valence-corrected chi connectivity index (χ0v) is 21.4. The first-order valence-electron chi connectivity index (χ1n) is 11.0. The maximum atomic E-state index is 13.8. The van der Waals surface area contributed by atoms with Gasteiger partial charge in [0.15, 0.2) is 28.1 Å². The minimum absolute atomic E-state index is 0.0309. The number of ether oxygens (including phenoxy) is 4. The predicted molar refractivity (Wildman–Crippen MR) is 139 cm³/mol. The van der Waals surface area contributed by atoms with E-state index in [0.29, 0.717) is 34.3 Å². The van der Waals surface area contributed by atoms with Crippen LogP contribution in [0.25, 0.3) is 11.3 Å². The van der Waals surface area contributed by atoms with Gasteiger partial charge in [0, 0.05) is 22.1 Å². The van der Waals surface area contributed by atoms with Crippen molar-refractivity contribution in [3.63, 3.8) is 0 Å². The average Bonchev–Trinajstić information content (AvgIpc) is 3.41. The van der Waals surface area contributed by atoms with Crippen LogP contribution in [-0.4, -0.2) is 50.3 Å². The number of amides is 2. The number of phenols is 1. The third-order valence-electron chi connectivity index (χ3n) is 5.53. The second kappa shape index (κ2) is 11.0. The van der Waals surface area contributed by atoms with Gasteiger partial charge in [-0.25, -0.2) is 9.88 Å². The third kappa shape index (κ3) is 5.05. The zero-order chi connectivity index (χ0) is 26.5. The summed E-state index contributed by atoms with van der Waals surface area (Å²) in [5, 5.41) is 12.1. The Labute approximate surface area is 217 Å². The molecule has 9 nitrogen and oxygen atoms in total. The molecule has 2 amide bonds. The van der Waals surface area contributed by atoms with E-state index >= 15 is 0 Å². The van der Waals surface area contributed by atoms with Gasteiger partial charge in [0.25, 0.3) is 11.8 Å². The highest BCUT2D eigenvalue weighted by Crippen LogP contribution is 2.35. The van der Waals surface area contributed by atoms with Crippen molar-refractivity contribution >= 4 is 28.3 Å². The van der Waals surface area contributed by atoms with E-state index in [0.717, 1.165) is 16.2 Å². The van der Waals surface area contributed by atoms with E-state index in [1.807, 2.05) is 0 Å². The molecule has 4 rings (SSSR count). The maximum absolute atomic E-state index is 13.8. The molecular formula is C27H24N2O7S.